The van der Waals surface area contributed by atoms with E-state index in [1.165, 1.54) is 0 Å². The predicted octanol–water partition coefficient (Wildman–Crippen LogP) is 5.60. The van der Waals surface area contributed by atoms with Crippen molar-refractivity contribution in [1.82, 2.24) is 4.98 Å². The van der Waals surface area contributed by atoms with Crippen LogP contribution in [-0.4, -0.2) is 32.1 Å². The zero-order valence-electron chi connectivity index (χ0n) is 15.2. The van der Waals surface area contributed by atoms with Crippen molar-refractivity contribution in [1.29, 1.82) is 0 Å². The van der Waals surface area contributed by atoms with Gasteiger partial charge in [0.25, 0.3) is 0 Å². The van der Waals surface area contributed by atoms with Gasteiger partial charge in [-0.1, -0.05) is 12.1 Å². The Morgan fingerprint density at radius 3 is 2.54 bits per heavy atom. The molecule has 0 aliphatic heterocycles. The molecule has 0 N–H and O–H groups in total. The molecule has 6 heteroatoms. The number of hydrogen-bond donors (Lipinski definition) is 0. The largest absolute Gasteiger partial charge is 0.496 e. The van der Waals surface area contributed by atoms with Crippen LogP contribution in [0.2, 0.25) is 0 Å². The third-order valence-electron chi connectivity index (χ3n) is 3.82. The van der Waals surface area contributed by atoms with Crippen LogP contribution in [0.5, 0.6) is 17.2 Å². The molecule has 0 bridgehead atoms. The maximum atomic E-state index is 5.56. The molecule has 26 heavy (non-hydrogen) atoms. The van der Waals surface area contributed by atoms with Gasteiger partial charge in [0, 0.05) is 6.07 Å². The lowest BCUT2D eigenvalue weighted by Gasteiger charge is -2.09. The average Bonchev–Trinajstić information content (AvgIpc) is 3.07. The van der Waals surface area contributed by atoms with E-state index in [0.717, 1.165) is 42.9 Å². The third-order valence-corrected chi connectivity index (χ3v) is 5.56. The fourth-order valence-electron chi connectivity index (χ4n) is 2.57. The highest BCUT2D eigenvalue weighted by molar-refractivity contribution is 7.98. The van der Waals surface area contributed by atoms with Crippen molar-refractivity contribution in [2.75, 3.05) is 27.1 Å². The molecule has 0 saturated heterocycles. The first-order valence-corrected chi connectivity index (χ1v) is 10.2. The molecule has 3 rings (SSSR count). The molecule has 0 unspecified atom stereocenters. The summed E-state index contributed by atoms with van der Waals surface area (Å²) in [5, 5.41) is 0.952. The van der Waals surface area contributed by atoms with Crippen molar-refractivity contribution in [3.8, 4) is 17.2 Å². The molecule has 0 amide bonds. The average molecular weight is 388 g/mol. The molecule has 1 aromatic heterocycles. The van der Waals surface area contributed by atoms with Crippen molar-refractivity contribution in [3.05, 3.63) is 40.9 Å². The number of fused-ring (bicyclic) bond motifs is 1. The second-order valence-corrected chi connectivity index (χ2v) is 7.31. The molecule has 0 saturated carbocycles. The van der Waals surface area contributed by atoms with Crippen molar-refractivity contribution in [3.63, 3.8) is 0 Å². The first kappa shape index (κ1) is 18.6. The number of methoxy groups -OCH3 is 2. The van der Waals surface area contributed by atoms with Crippen molar-refractivity contribution >= 4 is 45.5 Å². The van der Waals surface area contributed by atoms with Gasteiger partial charge < -0.3 is 14.2 Å². The van der Waals surface area contributed by atoms with Crippen LogP contribution < -0.4 is 14.2 Å². The smallest absolute Gasteiger partial charge is 0.161 e. The normalized spacial score (nSPS) is 11.2. The summed E-state index contributed by atoms with van der Waals surface area (Å²) in [4.78, 5) is 5.81. The van der Waals surface area contributed by atoms with Crippen molar-refractivity contribution in [2.45, 2.75) is 11.8 Å². The Kier molecular flexibility index (Phi) is 6.06. The van der Waals surface area contributed by atoms with E-state index in [4.69, 9.17) is 14.2 Å². The standard InChI is InChI=1S/C20H21NO3S2/c1-5-24-15-8-6-13(10-16(15)22-2)7-9-20-21-14-11-17(23-3)19(25-4)12-18(14)26-20/h6-12H,5H2,1-4H3. The van der Waals surface area contributed by atoms with E-state index in [1.54, 1.807) is 37.3 Å². The second kappa shape index (κ2) is 8.47. The van der Waals surface area contributed by atoms with Crippen LogP contribution in [0.4, 0.5) is 0 Å². The molecule has 0 radical (unpaired) electrons. The summed E-state index contributed by atoms with van der Waals surface area (Å²) < 4.78 is 17.5. The minimum atomic E-state index is 0.610. The van der Waals surface area contributed by atoms with Gasteiger partial charge >= 0.3 is 0 Å². The number of thioether (sulfide) groups is 1. The first-order valence-electron chi connectivity index (χ1n) is 8.20. The molecule has 0 aliphatic carbocycles. The molecule has 0 fully saturated rings. The number of ether oxygens (including phenoxy) is 3. The molecule has 0 spiro atoms. The van der Waals surface area contributed by atoms with E-state index in [9.17, 15) is 0 Å². The predicted molar refractivity (Wildman–Crippen MR) is 111 cm³/mol. The fraction of sp³-hybridized carbons (Fsp3) is 0.250. The monoisotopic (exact) mass is 387 g/mol. The Bertz CT molecular complexity index is 893. The maximum absolute atomic E-state index is 5.56. The molecule has 0 atom stereocenters. The molecule has 2 aromatic carbocycles. The zero-order valence-corrected chi connectivity index (χ0v) is 16.9. The first-order chi connectivity index (χ1) is 12.7. The summed E-state index contributed by atoms with van der Waals surface area (Å²) in [6.45, 7) is 2.57. The number of hydrogen-bond acceptors (Lipinski definition) is 6. The second-order valence-electron chi connectivity index (χ2n) is 5.40. The van der Waals surface area contributed by atoms with E-state index in [0.29, 0.717) is 6.61 Å². The summed E-state index contributed by atoms with van der Waals surface area (Å²) in [5.41, 5.74) is 1.99. The van der Waals surface area contributed by atoms with Gasteiger partial charge in [0.2, 0.25) is 0 Å². The van der Waals surface area contributed by atoms with E-state index in [2.05, 4.69) is 11.1 Å². The molecule has 136 valence electrons. The van der Waals surface area contributed by atoms with Crippen LogP contribution in [0.3, 0.4) is 0 Å². The van der Waals surface area contributed by atoms with Crippen LogP contribution in [0.25, 0.3) is 22.4 Å². The van der Waals surface area contributed by atoms with Crippen LogP contribution in [0.15, 0.2) is 35.2 Å². The van der Waals surface area contributed by atoms with Crippen LogP contribution >= 0.6 is 23.1 Å². The van der Waals surface area contributed by atoms with Gasteiger partial charge in [-0.2, -0.15) is 0 Å². The zero-order chi connectivity index (χ0) is 18.5. The van der Waals surface area contributed by atoms with E-state index >= 15 is 0 Å². The Hall–Kier alpha value is -2.18. The number of benzene rings is 2. The SMILES string of the molecule is CCOc1ccc(C=Cc2nc3cc(OC)c(SC)cc3s2)cc1OC. The van der Waals surface area contributed by atoms with Gasteiger partial charge in [0.15, 0.2) is 11.5 Å². The van der Waals surface area contributed by atoms with E-state index < -0.39 is 0 Å². The van der Waals surface area contributed by atoms with Gasteiger partial charge in [-0.3, -0.25) is 0 Å². The topological polar surface area (TPSA) is 40.6 Å². The van der Waals surface area contributed by atoms with Gasteiger partial charge in [0.05, 0.1) is 35.9 Å². The summed E-state index contributed by atoms with van der Waals surface area (Å²) >= 11 is 3.34. The summed E-state index contributed by atoms with van der Waals surface area (Å²) in [5.74, 6) is 2.35. The van der Waals surface area contributed by atoms with Gasteiger partial charge in [-0.25, -0.2) is 4.98 Å². The van der Waals surface area contributed by atoms with Crippen molar-refractivity contribution in [2.24, 2.45) is 0 Å². The highest BCUT2D eigenvalue weighted by atomic mass is 32.2. The van der Waals surface area contributed by atoms with Crippen LogP contribution in [0.1, 0.15) is 17.5 Å². The number of aromatic nitrogens is 1. The van der Waals surface area contributed by atoms with Gasteiger partial charge in [-0.05, 0) is 43.0 Å². The maximum Gasteiger partial charge on any atom is 0.161 e. The quantitative estimate of drug-likeness (QED) is 0.493. The minimum Gasteiger partial charge on any atom is -0.496 e. The number of nitrogens with zero attached hydrogens (tertiary/aromatic N) is 1. The lowest BCUT2D eigenvalue weighted by atomic mass is 10.2. The van der Waals surface area contributed by atoms with Crippen molar-refractivity contribution < 1.29 is 14.2 Å². The Balaban J connectivity index is 1.88. The highest BCUT2D eigenvalue weighted by Gasteiger charge is 2.09. The van der Waals surface area contributed by atoms with Crippen LogP contribution in [-0.2, 0) is 0 Å². The fourth-order valence-corrected chi connectivity index (χ4v) is 4.12. The number of rotatable bonds is 7. The molecule has 4 nitrogen and oxygen atoms in total. The van der Waals surface area contributed by atoms with E-state index in [1.807, 2.05) is 49.6 Å². The Morgan fingerprint density at radius 1 is 1.04 bits per heavy atom. The molecular weight excluding hydrogens is 366 g/mol. The minimum absolute atomic E-state index is 0.610. The van der Waals surface area contributed by atoms with Crippen LogP contribution in [0, 0.1) is 0 Å². The lowest BCUT2D eigenvalue weighted by Crippen LogP contribution is -1.95. The molecule has 1 heterocycles. The van der Waals surface area contributed by atoms with E-state index in [-0.39, 0.29) is 0 Å². The molecule has 0 aliphatic rings. The summed E-state index contributed by atoms with van der Waals surface area (Å²) in [6, 6.07) is 10.0. The molecule has 3 aromatic rings. The highest BCUT2D eigenvalue weighted by Crippen LogP contribution is 2.35. The third kappa shape index (κ3) is 3.97. The Morgan fingerprint density at radius 2 is 1.85 bits per heavy atom. The summed E-state index contributed by atoms with van der Waals surface area (Å²) in [6.07, 6.45) is 6.10. The molecular formula is C20H21NO3S2. The lowest BCUT2D eigenvalue weighted by molar-refractivity contribution is 0.311. The van der Waals surface area contributed by atoms with Gasteiger partial charge in [-0.15, -0.1) is 23.1 Å². The van der Waals surface area contributed by atoms with Gasteiger partial charge in [0.1, 0.15) is 10.8 Å². The Labute approximate surface area is 161 Å². The number of thiazole rings is 1. The summed E-state index contributed by atoms with van der Waals surface area (Å²) in [7, 11) is 3.34.